The van der Waals surface area contributed by atoms with Crippen LogP contribution in [0.1, 0.15) is 32.6 Å². The molecule has 3 atom stereocenters. The Labute approximate surface area is 267 Å². The SMILES string of the molecule is C[C@H]1C[C@H](CC(=O)N2CC(F)(F)C2)CN(c2ncc(Cl)c(Nc3ccc4c(c3)c3c(c(=O)n4C)OCC(F)(F)[C@H](C4CC4)N3)n2)C1. The Morgan fingerprint density at radius 1 is 1.20 bits per heavy atom. The van der Waals surface area contributed by atoms with Crippen LogP contribution in [0, 0.1) is 17.8 Å². The molecule has 10 nitrogen and oxygen atoms in total. The van der Waals surface area contributed by atoms with E-state index in [0.717, 1.165) is 6.42 Å². The zero-order chi connectivity index (χ0) is 32.5. The Morgan fingerprint density at radius 3 is 2.67 bits per heavy atom. The predicted octanol–water partition coefficient (Wildman–Crippen LogP) is 5.27. The third-order valence-corrected chi connectivity index (χ3v) is 9.57. The van der Waals surface area contributed by atoms with Crippen LogP contribution in [0.2, 0.25) is 5.02 Å². The van der Waals surface area contributed by atoms with Gasteiger partial charge in [0.15, 0.2) is 12.4 Å². The fraction of sp³-hybridized carbons (Fsp3) is 0.548. The standard InChI is InChI=1S/C31H34ClF4N7O3/c1-16-7-17(8-23(44)43-13-30(33,34)14-43)12-42(11-16)29-37-10-21(32)27(40-29)38-19-5-6-22-20(9-19)24-25(28(45)41(22)2)46-15-31(35,36)26(39-24)18-3-4-18/h5-6,9-10,16-18,26,39H,3-4,7-8,11-15H2,1-2H3,(H,37,38,40)/t16-,17+,26-/m0/s1. The number of anilines is 4. The normalized spacial score (nSPS) is 25.2. The number of amides is 1. The zero-order valence-corrected chi connectivity index (χ0v) is 26.1. The molecular formula is C31H34ClF4N7O3. The fourth-order valence-corrected chi connectivity index (χ4v) is 7.02. The lowest BCUT2D eigenvalue weighted by Gasteiger charge is -2.41. The number of carbonyl (C=O) groups excluding carboxylic acids is 1. The van der Waals surface area contributed by atoms with E-state index in [1.807, 2.05) is 4.90 Å². The first-order valence-corrected chi connectivity index (χ1v) is 15.8. The Bertz CT molecular complexity index is 1760. The smallest absolute Gasteiger partial charge is 0.301 e. The Balaban J connectivity index is 1.15. The molecule has 4 aliphatic rings. The van der Waals surface area contributed by atoms with E-state index in [2.05, 4.69) is 27.5 Å². The number of pyridine rings is 1. The monoisotopic (exact) mass is 663 g/mol. The van der Waals surface area contributed by atoms with Crippen LogP contribution in [0.15, 0.2) is 29.2 Å². The van der Waals surface area contributed by atoms with Crippen molar-refractivity contribution in [3.05, 3.63) is 39.8 Å². The summed E-state index contributed by atoms with van der Waals surface area (Å²) in [6.45, 7) is 1.24. The Hall–Kier alpha value is -3.81. The summed E-state index contributed by atoms with van der Waals surface area (Å²) in [6.07, 6.45) is 3.78. The van der Waals surface area contributed by atoms with Gasteiger partial charge in [0.05, 0.1) is 36.5 Å². The van der Waals surface area contributed by atoms with Gasteiger partial charge < -0.3 is 29.7 Å². The van der Waals surface area contributed by atoms with Crippen molar-refractivity contribution in [2.24, 2.45) is 24.8 Å². The van der Waals surface area contributed by atoms with Crippen LogP contribution < -0.4 is 25.8 Å². The highest BCUT2D eigenvalue weighted by atomic mass is 35.5. The molecule has 5 heterocycles. The second-order valence-electron chi connectivity index (χ2n) is 13.2. The van der Waals surface area contributed by atoms with Crippen LogP contribution in [0.4, 0.5) is 40.7 Å². The van der Waals surface area contributed by atoms with Crippen molar-refractivity contribution < 1.29 is 27.1 Å². The summed E-state index contributed by atoms with van der Waals surface area (Å²) in [5, 5.41) is 6.95. The minimum Gasteiger partial charge on any atom is -0.480 e. The van der Waals surface area contributed by atoms with E-state index in [1.165, 1.54) is 15.7 Å². The molecule has 1 aliphatic carbocycles. The second kappa shape index (κ2) is 11.2. The first kappa shape index (κ1) is 30.8. The van der Waals surface area contributed by atoms with E-state index in [4.69, 9.17) is 16.3 Å². The molecule has 7 rings (SSSR count). The number of alkyl halides is 4. The number of nitrogens with zero attached hydrogens (tertiary/aromatic N) is 5. The molecule has 3 aromatic rings. The number of nitrogens with one attached hydrogen (secondary N) is 2. The molecule has 3 aliphatic heterocycles. The molecule has 0 bridgehead atoms. The highest BCUT2D eigenvalue weighted by Gasteiger charge is 2.51. The first-order valence-electron chi connectivity index (χ1n) is 15.4. The number of aryl methyl sites for hydroxylation is 1. The summed E-state index contributed by atoms with van der Waals surface area (Å²) in [7, 11) is 1.57. The van der Waals surface area contributed by atoms with Crippen molar-refractivity contribution in [2.45, 2.75) is 50.5 Å². The molecule has 0 radical (unpaired) electrons. The molecule has 2 aromatic heterocycles. The van der Waals surface area contributed by atoms with Gasteiger partial charge in [-0.3, -0.25) is 9.59 Å². The van der Waals surface area contributed by atoms with Gasteiger partial charge in [0, 0.05) is 37.6 Å². The molecule has 2 saturated heterocycles. The van der Waals surface area contributed by atoms with Gasteiger partial charge >= 0.3 is 5.92 Å². The van der Waals surface area contributed by atoms with E-state index >= 15 is 8.78 Å². The molecule has 1 aromatic carbocycles. The van der Waals surface area contributed by atoms with E-state index in [1.54, 1.807) is 25.2 Å². The predicted molar refractivity (Wildman–Crippen MR) is 166 cm³/mol. The summed E-state index contributed by atoms with van der Waals surface area (Å²) < 4.78 is 63.5. The van der Waals surface area contributed by atoms with Crippen LogP contribution in [0.3, 0.4) is 0 Å². The highest BCUT2D eigenvalue weighted by Crippen LogP contribution is 2.46. The molecule has 0 unspecified atom stereocenters. The minimum absolute atomic E-state index is 0.0508. The van der Waals surface area contributed by atoms with Crippen LogP contribution in [-0.4, -0.2) is 76.0 Å². The lowest BCUT2D eigenvalue weighted by molar-refractivity contribution is -0.166. The molecule has 3 fully saturated rings. The number of aromatic nitrogens is 3. The van der Waals surface area contributed by atoms with Gasteiger partial charge in [-0.2, -0.15) is 4.98 Å². The number of fused-ring (bicyclic) bond motifs is 3. The number of likely N-dealkylation sites (tertiary alicyclic amines) is 1. The van der Waals surface area contributed by atoms with E-state index in [0.29, 0.717) is 54.3 Å². The highest BCUT2D eigenvalue weighted by molar-refractivity contribution is 6.33. The average Bonchev–Trinajstić information content (AvgIpc) is 3.83. The van der Waals surface area contributed by atoms with Crippen molar-refractivity contribution in [3.63, 3.8) is 0 Å². The summed E-state index contributed by atoms with van der Waals surface area (Å²) in [5.74, 6) is -5.72. The van der Waals surface area contributed by atoms with Crippen molar-refractivity contribution in [3.8, 4) is 5.75 Å². The van der Waals surface area contributed by atoms with Crippen LogP contribution in [-0.2, 0) is 11.8 Å². The first-order chi connectivity index (χ1) is 21.8. The molecular weight excluding hydrogens is 630 g/mol. The Morgan fingerprint density at radius 2 is 1.96 bits per heavy atom. The molecule has 2 N–H and O–H groups in total. The molecule has 1 saturated carbocycles. The van der Waals surface area contributed by atoms with Gasteiger partial charge in [-0.1, -0.05) is 18.5 Å². The van der Waals surface area contributed by atoms with Crippen LogP contribution >= 0.6 is 11.6 Å². The quantitative estimate of drug-likeness (QED) is 0.344. The maximum Gasteiger partial charge on any atom is 0.301 e. The van der Waals surface area contributed by atoms with Crippen LogP contribution in [0.5, 0.6) is 5.75 Å². The van der Waals surface area contributed by atoms with E-state index in [9.17, 15) is 18.4 Å². The largest absolute Gasteiger partial charge is 0.480 e. The van der Waals surface area contributed by atoms with Gasteiger partial charge in [0.2, 0.25) is 17.6 Å². The van der Waals surface area contributed by atoms with E-state index in [-0.39, 0.29) is 46.5 Å². The number of ether oxygens (including phenoxy) is 1. The van der Waals surface area contributed by atoms with Crippen LogP contribution in [0.25, 0.3) is 10.9 Å². The Kier molecular flexibility index (Phi) is 7.48. The van der Waals surface area contributed by atoms with Gasteiger partial charge in [-0.25, -0.2) is 22.5 Å². The summed E-state index contributed by atoms with van der Waals surface area (Å²) in [4.78, 5) is 38.0. The lowest BCUT2D eigenvalue weighted by Crippen LogP contribution is -2.59. The van der Waals surface area contributed by atoms with Gasteiger partial charge in [0.1, 0.15) is 5.02 Å². The topological polar surface area (TPSA) is 105 Å². The number of hydrogen-bond acceptors (Lipinski definition) is 8. The number of halogens is 5. The summed E-state index contributed by atoms with van der Waals surface area (Å²) in [5.41, 5.74) is 0.798. The van der Waals surface area contributed by atoms with Crippen molar-refractivity contribution in [2.75, 3.05) is 48.3 Å². The molecule has 46 heavy (non-hydrogen) atoms. The summed E-state index contributed by atoms with van der Waals surface area (Å²) >= 11 is 6.51. The maximum absolute atomic E-state index is 15.0. The molecule has 0 spiro atoms. The molecule has 1 amide bonds. The van der Waals surface area contributed by atoms with Gasteiger partial charge in [-0.15, -0.1) is 0 Å². The van der Waals surface area contributed by atoms with Crippen molar-refractivity contribution in [1.82, 2.24) is 19.4 Å². The minimum atomic E-state index is -3.15. The number of piperidine rings is 1. The molecule has 246 valence electrons. The van der Waals surface area contributed by atoms with Crippen molar-refractivity contribution >= 4 is 51.6 Å². The number of carbonyl (C=O) groups is 1. The van der Waals surface area contributed by atoms with Crippen molar-refractivity contribution in [1.29, 1.82) is 0 Å². The third-order valence-electron chi connectivity index (χ3n) is 9.29. The number of benzene rings is 1. The molecule has 15 heteroatoms. The number of rotatable bonds is 6. The average molecular weight is 664 g/mol. The third kappa shape index (κ3) is 5.80. The number of hydrogen-bond donors (Lipinski definition) is 2. The van der Waals surface area contributed by atoms with Gasteiger partial charge in [0.25, 0.3) is 11.5 Å². The zero-order valence-electron chi connectivity index (χ0n) is 25.3. The summed E-state index contributed by atoms with van der Waals surface area (Å²) in [6, 6.07) is 4.03. The van der Waals surface area contributed by atoms with E-state index < -0.39 is 43.1 Å². The lowest BCUT2D eigenvalue weighted by atomic mass is 9.87. The maximum atomic E-state index is 15.0. The van der Waals surface area contributed by atoms with Gasteiger partial charge in [-0.05, 0) is 55.2 Å². The second-order valence-corrected chi connectivity index (χ2v) is 13.6. The fourth-order valence-electron chi connectivity index (χ4n) is 6.88.